The predicted molar refractivity (Wildman–Crippen MR) is 85.7 cm³/mol. The van der Waals surface area contributed by atoms with Gasteiger partial charge in [-0.1, -0.05) is 36.4 Å². The van der Waals surface area contributed by atoms with Crippen LogP contribution in [-0.4, -0.2) is 11.0 Å². The molecule has 1 atom stereocenters. The lowest BCUT2D eigenvalue weighted by Gasteiger charge is -2.12. The number of esters is 1. The Kier molecular flexibility index (Phi) is 4.13. The van der Waals surface area contributed by atoms with E-state index in [4.69, 9.17) is 4.74 Å². The molecule has 0 aliphatic carbocycles. The van der Waals surface area contributed by atoms with Gasteiger partial charge in [-0.2, -0.15) is 0 Å². The Labute approximate surface area is 130 Å². The minimum Gasteiger partial charge on any atom is -0.454 e. The highest BCUT2D eigenvalue weighted by Crippen LogP contribution is 2.30. The normalized spacial score (nSPS) is 12.0. The zero-order valence-electron chi connectivity index (χ0n) is 11.4. The van der Waals surface area contributed by atoms with Crippen LogP contribution in [0.5, 0.6) is 0 Å². The lowest BCUT2D eigenvalue weighted by Crippen LogP contribution is -2.07. The van der Waals surface area contributed by atoms with Gasteiger partial charge in [0.15, 0.2) is 0 Å². The summed E-state index contributed by atoms with van der Waals surface area (Å²) in [5, 5.41) is 2.84. The van der Waals surface area contributed by atoms with Crippen LogP contribution in [0.4, 0.5) is 0 Å². The van der Waals surface area contributed by atoms with Crippen molar-refractivity contribution in [3.05, 3.63) is 64.5 Å². The molecule has 5 heteroatoms. The number of rotatable bonds is 4. The van der Waals surface area contributed by atoms with Crippen LogP contribution in [0, 0.1) is 0 Å². The first kappa shape index (κ1) is 14.0. The summed E-state index contributed by atoms with van der Waals surface area (Å²) in [6, 6.07) is 13.7. The van der Waals surface area contributed by atoms with Crippen molar-refractivity contribution in [3.63, 3.8) is 0 Å². The average Bonchev–Trinajstić information content (AvgIpc) is 3.19. The molecular formula is C16H13NO2S2. The Balaban J connectivity index is 1.71. The molecule has 2 aromatic heterocycles. The van der Waals surface area contributed by atoms with Crippen molar-refractivity contribution < 1.29 is 9.53 Å². The molecule has 0 fully saturated rings. The fourth-order valence-corrected chi connectivity index (χ4v) is 3.50. The molecule has 3 nitrogen and oxygen atoms in total. The summed E-state index contributed by atoms with van der Waals surface area (Å²) in [6.45, 7) is 1.87. The quantitative estimate of drug-likeness (QED) is 0.650. The summed E-state index contributed by atoms with van der Waals surface area (Å²) in [4.78, 5) is 18.0. The lowest BCUT2D eigenvalue weighted by atomic mass is 10.1. The molecule has 0 spiro atoms. The van der Waals surface area contributed by atoms with E-state index in [0.29, 0.717) is 4.88 Å². The number of carbonyl (C=O) groups excluding carboxylic acids is 1. The van der Waals surface area contributed by atoms with Crippen LogP contribution in [-0.2, 0) is 4.74 Å². The molecule has 0 saturated carbocycles. The van der Waals surface area contributed by atoms with Crippen LogP contribution >= 0.6 is 22.7 Å². The summed E-state index contributed by atoms with van der Waals surface area (Å²) in [5.41, 5.74) is 0.980. The smallest absolute Gasteiger partial charge is 0.350 e. The van der Waals surface area contributed by atoms with Gasteiger partial charge in [0.2, 0.25) is 0 Å². The van der Waals surface area contributed by atoms with Crippen molar-refractivity contribution in [2.45, 2.75) is 13.0 Å². The van der Waals surface area contributed by atoms with E-state index in [0.717, 1.165) is 15.4 Å². The Bertz CT molecular complexity index is 720. The Morgan fingerprint density at radius 1 is 1.19 bits per heavy atom. The van der Waals surface area contributed by atoms with E-state index in [-0.39, 0.29) is 12.1 Å². The summed E-state index contributed by atoms with van der Waals surface area (Å²) in [6.07, 6.45) is 1.31. The van der Waals surface area contributed by atoms with Crippen LogP contribution in [0.3, 0.4) is 0 Å². The van der Waals surface area contributed by atoms with Gasteiger partial charge in [-0.3, -0.25) is 0 Å². The van der Waals surface area contributed by atoms with Crippen LogP contribution in [0.25, 0.3) is 9.88 Å². The molecule has 2 heterocycles. The maximum absolute atomic E-state index is 12.2. The van der Waals surface area contributed by atoms with E-state index in [1.54, 1.807) is 17.5 Å². The molecule has 0 aliphatic rings. The van der Waals surface area contributed by atoms with E-state index in [2.05, 4.69) is 4.98 Å². The third kappa shape index (κ3) is 3.20. The largest absolute Gasteiger partial charge is 0.454 e. The molecule has 0 amide bonds. The summed E-state index contributed by atoms with van der Waals surface area (Å²) >= 11 is 2.97. The lowest BCUT2D eigenvalue weighted by molar-refractivity contribution is 0.0343. The minimum atomic E-state index is -0.327. The number of thiophene rings is 1. The molecule has 0 unspecified atom stereocenters. The second kappa shape index (κ2) is 6.20. The molecule has 0 aliphatic heterocycles. The molecule has 1 aromatic carbocycles. The number of thiazole rings is 1. The van der Waals surface area contributed by atoms with Crippen LogP contribution in [0.1, 0.15) is 28.3 Å². The first-order valence-electron chi connectivity index (χ1n) is 6.49. The third-order valence-electron chi connectivity index (χ3n) is 2.99. The van der Waals surface area contributed by atoms with Gasteiger partial charge in [0, 0.05) is 0 Å². The predicted octanol–water partition coefficient (Wildman–Crippen LogP) is 4.79. The van der Waals surface area contributed by atoms with Gasteiger partial charge in [0.25, 0.3) is 0 Å². The zero-order valence-corrected chi connectivity index (χ0v) is 13.0. The standard InChI is InChI=1S/C16H13NO2S2/c1-11(12-6-3-2-4-7-12)19-16(18)14-10-17-15(21-14)13-8-5-9-20-13/h2-11H,1H3/t11-/m1/s1. The van der Waals surface area contributed by atoms with Gasteiger partial charge in [-0.25, -0.2) is 9.78 Å². The number of aromatic nitrogens is 1. The molecule has 3 aromatic rings. The first-order chi connectivity index (χ1) is 10.2. The van der Waals surface area contributed by atoms with Crippen molar-refractivity contribution >= 4 is 28.6 Å². The van der Waals surface area contributed by atoms with E-state index in [9.17, 15) is 4.79 Å². The Morgan fingerprint density at radius 3 is 2.71 bits per heavy atom. The number of hydrogen-bond acceptors (Lipinski definition) is 5. The zero-order chi connectivity index (χ0) is 14.7. The van der Waals surface area contributed by atoms with Crippen LogP contribution in [0.2, 0.25) is 0 Å². The van der Waals surface area contributed by atoms with Gasteiger partial charge in [-0.15, -0.1) is 22.7 Å². The number of benzene rings is 1. The SMILES string of the molecule is C[C@@H](OC(=O)c1cnc(-c2cccs2)s1)c1ccccc1. The van der Waals surface area contributed by atoms with Crippen LogP contribution in [0.15, 0.2) is 54.0 Å². The van der Waals surface area contributed by atoms with Gasteiger partial charge >= 0.3 is 5.97 Å². The maximum Gasteiger partial charge on any atom is 0.350 e. The average molecular weight is 315 g/mol. The molecule has 0 bridgehead atoms. The van der Waals surface area contributed by atoms with E-state index in [1.165, 1.54) is 11.3 Å². The molecule has 3 rings (SSSR count). The number of nitrogens with zero attached hydrogens (tertiary/aromatic N) is 1. The second-order valence-electron chi connectivity index (χ2n) is 4.47. The topological polar surface area (TPSA) is 39.2 Å². The van der Waals surface area contributed by atoms with Gasteiger partial charge < -0.3 is 4.74 Å². The van der Waals surface area contributed by atoms with Gasteiger partial charge in [-0.05, 0) is 23.9 Å². The molecular weight excluding hydrogens is 302 g/mol. The monoisotopic (exact) mass is 315 g/mol. The van der Waals surface area contributed by atoms with Crippen LogP contribution < -0.4 is 0 Å². The highest BCUT2D eigenvalue weighted by atomic mass is 32.1. The molecule has 0 saturated heterocycles. The highest BCUT2D eigenvalue weighted by molar-refractivity contribution is 7.21. The summed E-state index contributed by atoms with van der Waals surface area (Å²) in [7, 11) is 0. The summed E-state index contributed by atoms with van der Waals surface area (Å²) in [5.74, 6) is -0.327. The number of ether oxygens (including phenoxy) is 1. The molecule has 0 N–H and O–H groups in total. The molecule has 21 heavy (non-hydrogen) atoms. The number of hydrogen-bond donors (Lipinski definition) is 0. The highest BCUT2D eigenvalue weighted by Gasteiger charge is 2.17. The maximum atomic E-state index is 12.2. The van der Waals surface area contributed by atoms with Crippen molar-refractivity contribution in [2.75, 3.05) is 0 Å². The second-order valence-corrected chi connectivity index (χ2v) is 6.44. The Morgan fingerprint density at radius 2 is 2.00 bits per heavy atom. The van der Waals surface area contributed by atoms with Crippen molar-refractivity contribution in [3.8, 4) is 9.88 Å². The van der Waals surface area contributed by atoms with Crippen molar-refractivity contribution in [1.29, 1.82) is 0 Å². The van der Waals surface area contributed by atoms with E-state index >= 15 is 0 Å². The van der Waals surface area contributed by atoms with Crippen molar-refractivity contribution in [1.82, 2.24) is 4.98 Å². The molecule has 0 radical (unpaired) electrons. The van der Waals surface area contributed by atoms with E-state index in [1.807, 2.05) is 54.8 Å². The number of carbonyl (C=O) groups is 1. The first-order valence-corrected chi connectivity index (χ1v) is 8.19. The fraction of sp³-hybridized carbons (Fsp3) is 0.125. The molecule has 106 valence electrons. The fourth-order valence-electron chi connectivity index (χ4n) is 1.89. The van der Waals surface area contributed by atoms with Gasteiger partial charge in [0.1, 0.15) is 16.0 Å². The summed E-state index contributed by atoms with van der Waals surface area (Å²) < 4.78 is 5.49. The minimum absolute atomic E-state index is 0.272. The van der Waals surface area contributed by atoms with E-state index < -0.39 is 0 Å². The van der Waals surface area contributed by atoms with Gasteiger partial charge in [0.05, 0.1) is 11.1 Å². The third-order valence-corrected chi connectivity index (χ3v) is 5.01. The Hall–Kier alpha value is -1.98. The van der Waals surface area contributed by atoms with Crippen molar-refractivity contribution in [2.24, 2.45) is 0 Å².